The highest BCUT2D eigenvalue weighted by molar-refractivity contribution is 5.54. The van der Waals surface area contributed by atoms with Gasteiger partial charge in [-0.3, -0.25) is 10.1 Å². The first-order valence-electron chi connectivity index (χ1n) is 4.77. The van der Waals surface area contributed by atoms with Gasteiger partial charge in [0.15, 0.2) is 0 Å². The summed E-state index contributed by atoms with van der Waals surface area (Å²) >= 11 is 0. The Morgan fingerprint density at radius 2 is 2.35 bits per heavy atom. The molecule has 0 unspecified atom stereocenters. The lowest BCUT2D eigenvalue weighted by Crippen LogP contribution is -1.94. The summed E-state index contributed by atoms with van der Waals surface area (Å²) in [6.07, 6.45) is 3.47. The van der Waals surface area contributed by atoms with Crippen molar-refractivity contribution in [3.8, 4) is 0 Å². The van der Waals surface area contributed by atoms with Crippen molar-refractivity contribution in [1.29, 1.82) is 0 Å². The Bertz CT molecular complexity index is 495. The van der Waals surface area contributed by atoms with E-state index in [4.69, 9.17) is 5.53 Å². The molecule has 0 N–H and O–H groups in total. The van der Waals surface area contributed by atoms with Crippen LogP contribution in [0.4, 0.5) is 10.1 Å². The number of hydrogen-bond donors (Lipinski definition) is 0. The van der Waals surface area contributed by atoms with E-state index < -0.39 is 16.4 Å². The van der Waals surface area contributed by atoms with Crippen molar-refractivity contribution < 1.29 is 9.31 Å². The summed E-state index contributed by atoms with van der Waals surface area (Å²) in [4.78, 5) is 12.3. The zero-order valence-corrected chi connectivity index (χ0v) is 8.78. The molecule has 0 heterocycles. The van der Waals surface area contributed by atoms with Crippen molar-refractivity contribution in [3.63, 3.8) is 0 Å². The van der Waals surface area contributed by atoms with Crippen molar-refractivity contribution >= 4 is 11.8 Å². The van der Waals surface area contributed by atoms with Crippen molar-refractivity contribution in [2.45, 2.75) is 6.42 Å². The van der Waals surface area contributed by atoms with E-state index in [0.29, 0.717) is 6.42 Å². The third-order valence-corrected chi connectivity index (χ3v) is 1.96. The van der Waals surface area contributed by atoms with Crippen LogP contribution in [0.25, 0.3) is 16.5 Å². The summed E-state index contributed by atoms with van der Waals surface area (Å²) in [7, 11) is 0. The minimum atomic E-state index is -0.863. The summed E-state index contributed by atoms with van der Waals surface area (Å²) in [6.45, 7) is 0.267. The fraction of sp³-hybridized carbons (Fsp3) is 0.200. The Morgan fingerprint density at radius 3 is 3.00 bits per heavy atom. The quantitative estimate of drug-likeness (QED) is 0.195. The van der Waals surface area contributed by atoms with Gasteiger partial charge in [0.05, 0.1) is 4.92 Å². The van der Waals surface area contributed by atoms with Crippen LogP contribution >= 0.6 is 0 Å². The molecule has 1 rings (SSSR count). The number of nitro benzene ring substituents is 1. The van der Waals surface area contributed by atoms with E-state index >= 15 is 0 Å². The highest BCUT2D eigenvalue weighted by atomic mass is 19.1. The lowest BCUT2D eigenvalue weighted by Gasteiger charge is -1.97. The maximum atomic E-state index is 13.5. The number of azide groups is 1. The molecule has 0 aliphatic heterocycles. The molecule has 7 heteroatoms. The molecule has 0 amide bonds. The standard InChI is InChI=1S/C10H9FN4O2/c11-10-8(4-1-2-7-13-14-12)5-3-6-9(10)15(16)17/h1,3-6H,2,7H2. The lowest BCUT2D eigenvalue weighted by atomic mass is 10.1. The topological polar surface area (TPSA) is 91.9 Å². The van der Waals surface area contributed by atoms with Crippen LogP contribution in [0, 0.1) is 15.9 Å². The highest BCUT2D eigenvalue weighted by Crippen LogP contribution is 2.21. The van der Waals surface area contributed by atoms with Gasteiger partial charge < -0.3 is 0 Å². The summed E-state index contributed by atoms with van der Waals surface area (Å²) in [5.41, 5.74) is 7.61. The molecular formula is C10H9FN4O2. The van der Waals surface area contributed by atoms with Gasteiger partial charge in [-0.25, -0.2) is 0 Å². The Hall–Kier alpha value is -2.40. The average Bonchev–Trinajstić information content (AvgIpc) is 2.30. The zero-order chi connectivity index (χ0) is 12.7. The molecule has 1 aromatic rings. The van der Waals surface area contributed by atoms with Gasteiger partial charge in [0.2, 0.25) is 5.82 Å². The molecule has 0 fully saturated rings. The second kappa shape index (κ2) is 6.24. The van der Waals surface area contributed by atoms with Gasteiger partial charge in [0.1, 0.15) is 0 Å². The lowest BCUT2D eigenvalue weighted by molar-refractivity contribution is -0.387. The molecule has 0 radical (unpaired) electrons. The van der Waals surface area contributed by atoms with Crippen LogP contribution in [0.1, 0.15) is 12.0 Å². The largest absolute Gasteiger partial charge is 0.305 e. The minimum Gasteiger partial charge on any atom is -0.258 e. The first-order valence-corrected chi connectivity index (χ1v) is 4.77. The van der Waals surface area contributed by atoms with Crippen molar-refractivity contribution in [2.24, 2.45) is 5.11 Å². The van der Waals surface area contributed by atoms with Gasteiger partial charge in [-0.05, 0) is 12.0 Å². The van der Waals surface area contributed by atoms with Crippen LogP contribution in [0.3, 0.4) is 0 Å². The SMILES string of the molecule is [N-]=[N+]=NCCC=Cc1cccc([N+](=O)[O-])c1F. The number of nitro groups is 1. The van der Waals surface area contributed by atoms with Crippen LogP contribution in [0.5, 0.6) is 0 Å². The number of benzene rings is 1. The summed E-state index contributed by atoms with van der Waals surface area (Å²) < 4.78 is 13.5. The molecule has 17 heavy (non-hydrogen) atoms. The second-order valence-corrected chi connectivity index (χ2v) is 3.08. The molecule has 88 valence electrons. The zero-order valence-electron chi connectivity index (χ0n) is 8.78. The summed E-state index contributed by atoms with van der Waals surface area (Å²) in [5, 5.41) is 13.8. The van der Waals surface area contributed by atoms with Crippen molar-refractivity contribution in [1.82, 2.24) is 0 Å². The van der Waals surface area contributed by atoms with E-state index in [1.807, 2.05) is 0 Å². The molecular weight excluding hydrogens is 227 g/mol. The second-order valence-electron chi connectivity index (χ2n) is 3.08. The third-order valence-electron chi connectivity index (χ3n) is 1.96. The van der Waals surface area contributed by atoms with E-state index in [-0.39, 0.29) is 12.1 Å². The van der Waals surface area contributed by atoms with Crippen LogP contribution in [-0.2, 0) is 0 Å². The smallest absolute Gasteiger partial charge is 0.258 e. The Labute approximate surface area is 96.2 Å². The monoisotopic (exact) mass is 236 g/mol. The summed E-state index contributed by atoms with van der Waals surface area (Å²) in [5.74, 6) is -0.863. The van der Waals surface area contributed by atoms with E-state index in [0.717, 1.165) is 6.07 Å². The van der Waals surface area contributed by atoms with E-state index in [9.17, 15) is 14.5 Å². The van der Waals surface area contributed by atoms with Gasteiger partial charge in [0.25, 0.3) is 0 Å². The fourth-order valence-corrected chi connectivity index (χ4v) is 1.19. The van der Waals surface area contributed by atoms with Gasteiger partial charge >= 0.3 is 5.69 Å². The third kappa shape index (κ3) is 3.58. The minimum absolute atomic E-state index is 0.139. The highest BCUT2D eigenvalue weighted by Gasteiger charge is 2.15. The predicted molar refractivity (Wildman–Crippen MR) is 60.7 cm³/mol. The molecule has 0 aliphatic carbocycles. The van der Waals surface area contributed by atoms with Gasteiger partial charge in [-0.1, -0.05) is 29.4 Å². The molecule has 0 bridgehead atoms. The van der Waals surface area contributed by atoms with E-state index in [1.165, 1.54) is 18.2 Å². The van der Waals surface area contributed by atoms with E-state index in [1.54, 1.807) is 6.08 Å². The van der Waals surface area contributed by atoms with Gasteiger partial charge in [-0.15, -0.1) is 0 Å². The van der Waals surface area contributed by atoms with Gasteiger partial charge in [-0.2, -0.15) is 4.39 Å². The Morgan fingerprint density at radius 1 is 1.59 bits per heavy atom. The number of rotatable bonds is 5. The van der Waals surface area contributed by atoms with Crippen LogP contribution in [0.2, 0.25) is 0 Å². The molecule has 0 saturated heterocycles. The number of halogens is 1. The van der Waals surface area contributed by atoms with Crippen molar-refractivity contribution in [2.75, 3.05) is 6.54 Å². The molecule has 1 aromatic carbocycles. The van der Waals surface area contributed by atoms with Crippen LogP contribution < -0.4 is 0 Å². The molecule has 0 aromatic heterocycles. The average molecular weight is 236 g/mol. The van der Waals surface area contributed by atoms with Crippen molar-refractivity contribution in [3.05, 3.63) is 56.2 Å². The maximum Gasteiger partial charge on any atom is 0.305 e. The number of hydrogen-bond acceptors (Lipinski definition) is 3. The van der Waals surface area contributed by atoms with Gasteiger partial charge in [0, 0.05) is 23.1 Å². The predicted octanol–water partition coefficient (Wildman–Crippen LogP) is 3.45. The molecule has 6 nitrogen and oxygen atoms in total. The summed E-state index contributed by atoms with van der Waals surface area (Å²) in [6, 6.07) is 3.95. The first kappa shape index (κ1) is 12.7. The Kier molecular flexibility index (Phi) is 4.65. The number of nitrogens with zero attached hydrogens (tertiary/aromatic N) is 4. The van der Waals surface area contributed by atoms with Crippen LogP contribution in [-0.4, -0.2) is 11.5 Å². The first-order chi connectivity index (χ1) is 8.16. The van der Waals surface area contributed by atoms with Crippen LogP contribution in [0.15, 0.2) is 29.4 Å². The fourth-order valence-electron chi connectivity index (χ4n) is 1.19. The molecule has 0 spiro atoms. The maximum absolute atomic E-state index is 13.5. The normalized spacial score (nSPS) is 10.2. The van der Waals surface area contributed by atoms with E-state index in [2.05, 4.69) is 10.0 Å². The molecule has 0 atom stereocenters. The molecule has 0 aliphatic rings. The molecule has 0 saturated carbocycles. The Balaban J connectivity index is 2.81.